The van der Waals surface area contributed by atoms with E-state index in [0.717, 1.165) is 12.8 Å². The van der Waals surface area contributed by atoms with Gasteiger partial charge in [-0.2, -0.15) is 0 Å². The third kappa shape index (κ3) is 3.28. The molecule has 27 heavy (non-hydrogen) atoms. The Labute approximate surface area is 155 Å². The van der Waals surface area contributed by atoms with Crippen molar-refractivity contribution in [2.45, 2.75) is 31.2 Å². The molecule has 0 amide bonds. The van der Waals surface area contributed by atoms with Crippen molar-refractivity contribution in [3.63, 3.8) is 0 Å². The number of carbonyl (C=O) groups excluding carboxylic acids is 1. The number of fused-ring (bicyclic) bond motifs is 1. The van der Waals surface area contributed by atoms with E-state index in [1.807, 2.05) is 0 Å². The highest BCUT2D eigenvalue weighted by Gasteiger charge is 2.30. The summed E-state index contributed by atoms with van der Waals surface area (Å²) in [6.07, 6.45) is 1.84. The summed E-state index contributed by atoms with van der Waals surface area (Å²) in [7, 11) is -3.86. The van der Waals surface area contributed by atoms with Gasteiger partial charge in [-0.25, -0.2) is 13.2 Å². The summed E-state index contributed by atoms with van der Waals surface area (Å²) in [5.41, 5.74) is 1.71. The Bertz CT molecular complexity index is 1190. The minimum atomic E-state index is -3.86. The van der Waals surface area contributed by atoms with Crippen LogP contribution < -0.4 is 10.5 Å². The molecule has 1 aromatic heterocycles. The minimum absolute atomic E-state index is 0.00913. The minimum Gasteiger partial charge on any atom is -0.408 e. The lowest BCUT2D eigenvalue weighted by atomic mass is 10.1. The van der Waals surface area contributed by atoms with Crippen LogP contribution in [0.5, 0.6) is 0 Å². The third-order valence-electron chi connectivity index (χ3n) is 4.64. The van der Waals surface area contributed by atoms with E-state index in [0.29, 0.717) is 23.3 Å². The average molecular weight is 386 g/mol. The molecule has 0 atom stereocenters. The van der Waals surface area contributed by atoms with E-state index >= 15 is 0 Å². The van der Waals surface area contributed by atoms with Crippen molar-refractivity contribution >= 4 is 32.6 Å². The van der Waals surface area contributed by atoms with E-state index in [1.54, 1.807) is 37.3 Å². The summed E-state index contributed by atoms with van der Waals surface area (Å²) in [4.78, 5) is 23.8. The average Bonchev–Trinajstić information content (AvgIpc) is 3.43. The zero-order chi connectivity index (χ0) is 19.2. The maximum Gasteiger partial charge on any atom is 0.419 e. The molecule has 1 saturated carbocycles. The molecule has 7 nitrogen and oxygen atoms in total. The van der Waals surface area contributed by atoms with Crippen molar-refractivity contribution < 1.29 is 17.6 Å². The predicted octanol–water partition coefficient (Wildman–Crippen LogP) is 3.01. The van der Waals surface area contributed by atoms with Crippen LogP contribution in [0.2, 0.25) is 0 Å². The number of oxazole rings is 1. The Balaban J connectivity index is 1.60. The first-order valence-electron chi connectivity index (χ1n) is 8.69. The van der Waals surface area contributed by atoms with Crippen molar-refractivity contribution in [2.75, 3.05) is 4.72 Å². The van der Waals surface area contributed by atoms with Gasteiger partial charge in [0, 0.05) is 29.8 Å². The molecule has 0 aliphatic heterocycles. The van der Waals surface area contributed by atoms with Gasteiger partial charge in [0.1, 0.15) is 0 Å². The van der Waals surface area contributed by atoms with Crippen molar-refractivity contribution in [2.24, 2.45) is 5.92 Å². The molecule has 1 aliphatic rings. The second-order valence-corrected chi connectivity index (χ2v) is 8.25. The molecule has 0 spiro atoms. The summed E-state index contributed by atoms with van der Waals surface area (Å²) in [6.45, 7) is 2.24. The molecule has 8 heteroatoms. The standard InChI is InChI=1S/C19H18N2O5S/c1-2-21-16-10-9-15(11-17(16)26-19(21)23)27(24,25)20-14-7-5-13(6-8-14)18(22)12-3-4-12/h5-12,20H,2-4H2,1H3. The maximum absolute atomic E-state index is 12.6. The first-order valence-corrected chi connectivity index (χ1v) is 10.2. The van der Waals surface area contributed by atoms with Gasteiger partial charge in [-0.1, -0.05) is 0 Å². The molecular formula is C19H18N2O5S. The van der Waals surface area contributed by atoms with Gasteiger partial charge in [-0.05, 0) is 56.2 Å². The Hall–Kier alpha value is -2.87. The molecule has 0 radical (unpaired) electrons. The third-order valence-corrected chi connectivity index (χ3v) is 6.01. The number of rotatable bonds is 6. The van der Waals surface area contributed by atoms with E-state index in [2.05, 4.69) is 4.72 Å². The first-order chi connectivity index (χ1) is 12.9. The molecule has 140 valence electrons. The van der Waals surface area contributed by atoms with Crippen LogP contribution in [0.25, 0.3) is 11.1 Å². The second kappa shape index (κ2) is 6.38. The summed E-state index contributed by atoms with van der Waals surface area (Å²) < 4.78 is 34.3. The largest absolute Gasteiger partial charge is 0.419 e. The molecule has 0 bridgehead atoms. The van der Waals surface area contributed by atoms with Crippen LogP contribution in [0.1, 0.15) is 30.1 Å². The molecule has 1 heterocycles. The van der Waals surface area contributed by atoms with E-state index < -0.39 is 15.8 Å². The topological polar surface area (TPSA) is 98.4 Å². The summed E-state index contributed by atoms with van der Waals surface area (Å²) in [6, 6.07) is 10.7. The van der Waals surface area contributed by atoms with Gasteiger partial charge in [0.2, 0.25) is 0 Å². The number of carbonyl (C=O) groups is 1. The normalized spacial score (nSPS) is 14.4. The molecule has 1 fully saturated rings. The number of hydrogen-bond acceptors (Lipinski definition) is 5. The Morgan fingerprint density at radius 1 is 1.19 bits per heavy atom. The van der Waals surface area contributed by atoms with E-state index in [4.69, 9.17) is 4.42 Å². The van der Waals surface area contributed by atoms with Gasteiger partial charge in [-0.15, -0.1) is 0 Å². The number of hydrogen-bond donors (Lipinski definition) is 1. The molecule has 2 aromatic carbocycles. The summed E-state index contributed by atoms with van der Waals surface area (Å²) >= 11 is 0. The van der Waals surface area contributed by atoms with Crippen LogP contribution in [0.3, 0.4) is 0 Å². The molecule has 0 unspecified atom stereocenters. The zero-order valence-electron chi connectivity index (χ0n) is 14.6. The molecule has 1 N–H and O–H groups in total. The molecular weight excluding hydrogens is 368 g/mol. The number of anilines is 1. The number of nitrogens with one attached hydrogen (secondary N) is 1. The van der Waals surface area contributed by atoms with Gasteiger partial charge >= 0.3 is 5.76 Å². The fourth-order valence-corrected chi connectivity index (χ4v) is 4.08. The summed E-state index contributed by atoms with van der Waals surface area (Å²) in [5, 5.41) is 0. The van der Waals surface area contributed by atoms with E-state index in [1.165, 1.54) is 16.7 Å². The number of ketones is 1. The number of aromatic nitrogens is 1. The summed E-state index contributed by atoms with van der Waals surface area (Å²) in [5.74, 6) is -0.305. The van der Waals surface area contributed by atoms with Crippen LogP contribution >= 0.6 is 0 Å². The SMILES string of the molecule is CCn1c(=O)oc2cc(S(=O)(=O)Nc3ccc(C(=O)C4CC4)cc3)ccc21. The Morgan fingerprint density at radius 2 is 1.89 bits per heavy atom. The number of nitrogens with zero attached hydrogens (tertiary/aromatic N) is 1. The maximum atomic E-state index is 12.6. The van der Waals surface area contributed by atoms with Crippen molar-refractivity contribution in [1.82, 2.24) is 4.57 Å². The lowest BCUT2D eigenvalue weighted by Gasteiger charge is -2.09. The molecule has 0 saturated heterocycles. The van der Waals surface area contributed by atoms with Gasteiger partial charge in [0.25, 0.3) is 10.0 Å². The first kappa shape index (κ1) is 17.5. The van der Waals surface area contributed by atoms with Crippen molar-refractivity contribution in [3.05, 3.63) is 58.6 Å². The van der Waals surface area contributed by atoms with Gasteiger partial charge in [-0.3, -0.25) is 14.1 Å². The monoisotopic (exact) mass is 386 g/mol. The van der Waals surface area contributed by atoms with Gasteiger partial charge < -0.3 is 4.42 Å². The van der Waals surface area contributed by atoms with Crippen LogP contribution in [-0.4, -0.2) is 18.8 Å². The number of sulfonamides is 1. The van der Waals surface area contributed by atoms with E-state index in [-0.39, 0.29) is 22.2 Å². The van der Waals surface area contributed by atoms with Crippen LogP contribution in [0.4, 0.5) is 5.69 Å². The lowest BCUT2D eigenvalue weighted by molar-refractivity contribution is 0.0967. The zero-order valence-corrected chi connectivity index (χ0v) is 15.5. The van der Waals surface area contributed by atoms with Crippen LogP contribution in [0, 0.1) is 5.92 Å². The quantitative estimate of drug-likeness (QED) is 0.657. The highest BCUT2D eigenvalue weighted by Crippen LogP contribution is 2.33. The highest BCUT2D eigenvalue weighted by atomic mass is 32.2. The fraction of sp³-hybridized carbons (Fsp3) is 0.263. The Kier molecular flexibility index (Phi) is 4.15. The van der Waals surface area contributed by atoms with Crippen molar-refractivity contribution in [3.8, 4) is 0 Å². The van der Waals surface area contributed by atoms with Crippen LogP contribution in [0.15, 0.2) is 56.6 Å². The Morgan fingerprint density at radius 3 is 2.52 bits per heavy atom. The van der Waals surface area contributed by atoms with Crippen LogP contribution in [-0.2, 0) is 16.6 Å². The van der Waals surface area contributed by atoms with Crippen molar-refractivity contribution in [1.29, 1.82) is 0 Å². The molecule has 4 rings (SSSR count). The molecule has 3 aromatic rings. The number of Topliss-reactive ketones (excluding diaryl/α,β-unsaturated/α-hetero) is 1. The molecule has 1 aliphatic carbocycles. The fourth-order valence-electron chi connectivity index (χ4n) is 3.01. The number of aryl methyl sites for hydroxylation is 1. The highest BCUT2D eigenvalue weighted by molar-refractivity contribution is 7.92. The van der Waals surface area contributed by atoms with Gasteiger partial charge in [0.05, 0.1) is 10.4 Å². The van der Waals surface area contributed by atoms with Gasteiger partial charge in [0.15, 0.2) is 11.4 Å². The number of benzene rings is 2. The second-order valence-electron chi connectivity index (χ2n) is 6.56. The predicted molar refractivity (Wildman–Crippen MR) is 100 cm³/mol. The smallest absolute Gasteiger partial charge is 0.408 e. The lowest BCUT2D eigenvalue weighted by Crippen LogP contribution is -2.13. The van der Waals surface area contributed by atoms with E-state index in [9.17, 15) is 18.0 Å².